The van der Waals surface area contributed by atoms with Gasteiger partial charge in [0.1, 0.15) is 5.60 Å². The standard InChI is InChI=1S/C31H53ClN2O3/c1-19(34(10)32)24-20(35)17-29(8)22-12-11-21-27(5,6)23(33(9)25(36)37-26(2,3)4)13-14-30(21)18-31(22,30)16-15-28(24,29)7/h19-24,35H,11-18H2,1-10H3/t19?,20-,21+,22+,23+,24?,28-,29+,30-,31+/m1/s1. The quantitative estimate of drug-likeness (QED) is 0.390. The maximum Gasteiger partial charge on any atom is 0.410 e. The minimum Gasteiger partial charge on any atom is -0.444 e. The Hall–Kier alpha value is -0.520. The summed E-state index contributed by atoms with van der Waals surface area (Å²) in [6, 6.07) is 0.356. The van der Waals surface area contributed by atoms with Gasteiger partial charge in [0.05, 0.1) is 6.10 Å². The van der Waals surface area contributed by atoms with Gasteiger partial charge in [-0.05, 0) is 130 Å². The third-order valence-corrected chi connectivity index (χ3v) is 13.7. The average molecular weight is 537 g/mol. The van der Waals surface area contributed by atoms with Gasteiger partial charge in [0.2, 0.25) is 0 Å². The van der Waals surface area contributed by atoms with Gasteiger partial charge in [0, 0.05) is 32.1 Å². The number of aliphatic hydroxyl groups is 1. The van der Waals surface area contributed by atoms with E-state index in [0.29, 0.717) is 22.7 Å². The molecule has 0 radical (unpaired) electrons. The second-order valence-corrected chi connectivity index (χ2v) is 16.6. The molecule has 5 nitrogen and oxygen atoms in total. The second kappa shape index (κ2) is 8.26. The van der Waals surface area contributed by atoms with Gasteiger partial charge in [-0.3, -0.25) is 0 Å². The third-order valence-electron chi connectivity index (χ3n) is 13.4. The van der Waals surface area contributed by atoms with Gasteiger partial charge in [-0.25, -0.2) is 9.21 Å². The van der Waals surface area contributed by atoms with Crippen LogP contribution >= 0.6 is 11.8 Å². The average Bonchev–Trinajstić information content (AvgIpc) is 3.36. The lowest BCUT2D eigenvalue weighted by Gasteiger charge is -2.64. The summed E-state index contributed by atoms with van der Waals surface area (Å²) in [5.74, 6) is 1.50. The van der Waals surface area contributed by atoms with Crippen LogP contribution in [0.25, 0.3) is 0 Å². The zero-order valence-electron chi connectivity index (χ0n) is 25.2. The molecule has 0 aromatic heterocycles. The van der Waals surface area contributed by atoms with E-state index >= 15 is 0 Å². The Kier molecular flexibility index (Phi) is 6.25. The Morgan fingerprint density at radius 3 is 2.16 bits per heavy atom. The zero-order valence-corrected chi connectivity index (χ0v) is 25.9. The molecule has 0 aromatic carbocycles. The molecule has 6 heteroatoms. The Morgan fingerprint density at radius 1 is 0.973 bits per heavy atom. The Labute approximate surface area is 231 Å². The number of fused-ring (bicyclic) bond motifs is 2. The van der Waals surface area contributed by atoms with E-state index in [1.165, 1.54) is 38.5 Å². The molecular formula is C31H53ClN2O3. The van der Waals surface area contributed by atoms with Crippen molar-refractivity contribution < 1.29 is 14.6 Å². The summed E-state index contributed by atoms with van der Waals surface area (Å²) in [7, 11) is 3.90. The largest absolute Gasteiger partial charge is 0.444 e. The molecule has 0 aliphatic heterocycles. The van der Waals surface area contributed by atoms with Crippen LogP contribution in [0, 0.1) is 44.8 Å². The molecule has 5 saturated carbocycles. The molecule has 1 amide bonds. The predicted octanol–water partition coefficient (Wildman–Crippen LogP) is 7.11. The zero-order chi connectivity index (χ0) is 27.6. The second-order valence-electron chi connectivity index (χ2n) is 16.0. The van der Waals surface area contributed by atoms with Crippen molar-refractivity contribution in [3.8, 4) is 0 Å². The van der Waals surface area contributed by atoms with Crippen molar-refractivity contribution in [1.82, 2.24) is 9.32 Å². The van der Waals surface area contributed by atoms with Crippen LogP contribution in [0.3, 0.4) is 0 Å². The van der Waals surface area contributed by atoms with Crippen LogP contribution in [0.4, 0.5) is 4.79 Å². The van der Waals surface area contributed by atoms with E-state index in [0.717, 1.165) is 12.8 Å². The van der Waals surface area contributed by atoms with E-state index in [2.05, 4.69) is 34.6 Å². The third kappa shape index (κ3) is 3.57. The summed E-state index contributed by atoms with van der Waals surface area (Å²) in [4.78, 5) is 15.0. The minimum atomic E-state index is -0.479. The Bertz CT molecular complexity index is 947. The maximum absolute atomic E-state index is 13.1. The normalized spacial score (nSPS) is 48.8. The Balaban J connectivity index is 1.42. The van der Waals surface area contributed by atoms with Crippen molar-refractivity contribution in [3.63, 3.8) is 0 Å². The van der Waals surface area contributed by atoms with E-state index in [1.807, 2.05) is 39.8 Å². The highest BCUT2D eigenvalue weighted by Crippen LogP contribution is 2.89. The number of nitrogens with zero attached hydrogens (tertiary/aromatic N) is 2. The number of hydrogen-bond donors (Lipinski definition) is 1. The molecule has 1 N–H and O–H groups in total. The lowest BCUT2D eigenvalue weighted by atomic mass is 9.41. The molecule has 5 fully saturated rings. The van der Waals surface area contributed by atoms with Gasteiger partial charge in [0.25, 0.3) is 0 Å². The fraction of sp³-hybridized carbons (Fsp3) is 0.968. The smallest absolute Gasteiger partial charge is 0.410 e. The van der Waals surface area contributed by atoms with Crippen LogP contribution in [0.2, 0.25) is 0 Å². The number of amides is 1. The first-order valence-electron chi connectivity index (χ1n) is 14.9. The molecular weight excluding hydrogens is 484 g/mol. The molecule has 0 saturated heterocycles. The van der Waals surface area contributed by atoms with Gasteiger partial charge in [-0.15, -0.1) is 0 Å². The fourth-order valence-corrected chi connectivity index (χ4v) is 11.8. The van der Waals surface area contributed by atoms with Crippen molar-refractivity contribution in [2.45, 2.75) is 131 Å². The highest BCUT2D eigenvalue weighted by Gasteiger charge is 2.83. The van der Waals surface area contributed by atoms with Gasteiger partial charge in [-0.2, -0.15) is 0 Å². The lowest BCUT2D eigenvalue weighted by molar-refractivity contribution is -0.152. The molecule has 2 unspecified atom stereocenters. The first-order chi connectivity index (χ1) is 16.9. The minimum absolute atomic E-state index is 0.0492. The van der Waals surface area contributed by atoms with Crippen LogP contribution in [-0.2, 0) is 4.74 Å². The molecule has 37 heavy (non-hydrogen) atoms. The van der Waals surface area contributed by atoms with Crippen molar-refractivity contribution in [2.24, 2.45) is 44.8 Å². The van der Waals surface area contributed by atoms with Gasteiger partial charge in [0.15, 0.2) is 0 Å². The number of carbonyl (C=O) groups excluding carboxylic acids is 1. The Morgan fingerprint density at radius 2 is 1.57 bits per heavy atom. The molecule has 0 bridgehead atoms. The van der Waals surface area contributed by atoms with E-state index in [1.54, 1.807) is 4.42 Å². The maximum atomic E-state index is 13.1. The van der Waals surface area contributed by atoms with Gasteiger partial charge >= 0.3 is 6.09 Å². The van der Waals surface area contributed by atoms with Gasteiger partial charge < -0.3 is 14.7 Å². The van der Waals surface area contributed by atoms with Crippen LogP contribution in [0.1, 0.15) is 107 Å². The lowest BCUT2D eigenvalue weighted by Crippen LogP contribution is -2.60. The number of carbonyl (C=O) groups is 1. The first-order valence-corrected chi connectivity index (χ1v) is 15.2. The fourth-order valence-electron chi connectivity index (χ4n) is 11.7. The number of ether oxygens (including phenoxy) is 1. The number of halogens is 1. The van der Waals surface area contributed by atoms with Crippen molar-refractivity contribution in [3.05, 3.63) is 0 Å². The molecule has 10 atom stereocenters. The van der Waals surface area contributed by atoms with E-state index < -0.39 is 5.60 Å². The van der Waals surface area contributed by atoms with Crippen molar-refractivity contribution in [1.29, 1.82) is 0 Å². The molecule has 5 aliphatic carbocycles. The summed E-state index contributed by atoms with van der Waals surface area (Å²) < 4.78 is 7.58. The SMILES string of the molecule is CC(C1[C@H](O)C[C@@]2(C)[C@@H]3CC[C@H]4C(C)(C)[C@@H](N(C)C(=O)OC(C)(C)C)CC[C@@]45C[C@@]35CC[C@]12C)N(C)Cl. The van der Waals surface area contributed by atoms with Crippen LogP contribution < -0.4 is 0 Å². The highest BCUT2D eigenvalue weighted by atomic mass is 35.5. The van der Waals surface area contributed by atoms with Crippen LogP contribution in [0.15, 0.2) is 0 Å². The van der Waals surface area contributed by atoms with Crippen molar-refractivity contribution in [2.75, 3.05) is 14.1 Å². The first kappa shape index (κ1) is 28.0. The number of aliphatic hydroxyl groups excluding tert-OH is 1. The molecule has 2 spiro atoms. The molecule has 212 valence electrons. The topological polar surface area (TPSA) is 53.0 Å². The predicted molar refractivity (Wildman–Crippen MR) is 149 cm³/mol. The summed E-state index contributed by atoms with van der Waals surface area (Å²) in [5, 5.41) is 11.5. The number of hydrogen-bond acceptors (Lipinski definition) is 4. The van der Waals surface area contributed by atoms with Crippen LogP contribution in [0.5, 0.6) is 0 Å². The summed E-state index contributed by atoms with van der Waals surface area (Å²) in [6.45, 7) is 17.9. The highest BCUT2D eigenvalue weighted by molar-refractivity contribution is 6.13. The number of rotatable bonds is 3. The van der Waals surface area contributed by atoms with E-state index in [4.69, 9.17) is 16.5 Å². The molecule has 0 heterocycles. The monoisotopic (exact) mass is 536 g/mol. The molecule has 5 aliphatic rings. The van der Waals surface area contributed by atoms with Gasteiger partial charge in [-0.1, -0.05) is 27.7 Å². The van der Waals surface area contributed by atoms with Crippen LogP contribution in [-0.4, -0.2) is 58.4 Å². The van der Waals surface area contributed by atoms with E-state index in [-0.39, 0.29) is 46.4 Å². The molecule has 5 rings (SSSR count). The van der Waals surface area contributed by atoms with Crippen molar-refractivity contribution >= 4 is 17.9 Å². The summed E-state index contributed by atoms with van der Waals surface area (Å²) in [6.07, 6.45) is 9.00. The molecule has 0 aromatic rings. The van der Waals surface area contributed by atoms with E-state index in [9.17, 15) is 9.90 Å². The summed E-state index contributed by atoms with van der Waals surface area (Å²) >= 11 is 6.49. The summed E-state index contributed by atoms with van der Waals surface area (Å²) in [5.41, 5.74) is 0.611.